The lowest BCUT2D eigenvalue weighted by Crippen LogP contribution is -2.13. The first-order valence-electron chi connectivity index (χ1n) is 11.6. The molecule has 0 saturated heterocycles. The van der Waals surface area contributed by atoms with E-state index in [0.717, 1.165) is 33.1 Å². The van der Waals surface area contributed by atoms with Crippen LogP contribution < -0.4 is 25.3 Å². The molecule has 0 radical (unpaired) electrons. The van der Waals surface area contributed by atoms with Gasteiger partial charge in [-0.1, -0.05) is 18.2 Å². The molecule has 2 aromatic heterocycles. The molecule has 0 saturated carbocycles. The van der Waals surface area contributed by atoms with Crippen molar-refractivity contribution in [1.82, 2.24) is 9.97 Å². The summed E-state index contributed by atoms with van der Waals surface area (Å²) in [7, 11) is 4.72. The maximum atomic E-state index is 13.1. The van der Waals surface area contributed by atoms with E-state index in [1.54, 1.807) is 33.5 Å². The molecule has 8 nitrogen and oxygen atoms in total. The van der Waals surface area contributed by atoms with Crippen molar-refractivity contribution in [3.05, 3.63) is 78.1 Å². The van der Waals surface area contributed by atoms with Gasteiger partial charge >= 0.3 is 0 Å². The van der Waals surface area contributed by atoms with Gasteiger partial charge in [-0.3, -0.25) is 9.78 Å². The quantitative estimate of drug-likeness (QED) is 0.315. The molecule has 3 aromatic carbocycles. The van der Waals surface area contributed by atoms with E-state index in [4.69, 9.17) is 19.9 Å². The molecule has 0 atom stereocenters. The second kappa shape index (κ2) is 9.66. The van der Waals surface area contributed by atoms with Gasteiger partial charge in [-0.2, -0.15) is 0 Å². The number of aryl methyl sites for hydroxylation is 1. The summed E-state index contributed by atoms with van der Waals surface area (Å²) in [6, 6.07) is 20.5. The van der Waals surface area contributed by atoms with Gasteiger partial charge in [-0.05, 0) is 66.6 Å². The molecule has 37 heavy (non-hydrogen) atoms. The van der Waals surface area contributed by atoms with Crippen molar-refractivity contribution in [3.8, 4) is 28.4 Å². The Morgan fingerprint density at radius 2 is 1.51 bits per heavy atom. The lowest BCUT2D eigenvalue weighted by atomic mass is 10.0. The second-order valence-electron chi connectivity index (χ2n) is 8.56. The molecule has 0 aliphatic carbocycles. The molecule has 0 bridgehead atoms. The molecule has 0 unspecified atom stereocenters. The van der Waals surface area contributed by atoms with E-state index in [-0.39, 0.29) is 5.91 Å². The van der Waals surface area contributed by atoms with Crippen molar-refractivity contribution >= 4 is 39.1 Å². The predicted molar refractivity (Wildman–Crippen MR) is 146 cm³/mol. The van der Waals surface area contributed by atoms with Crippen LogP contribution in [-0.4, -0.2) is 37.2 Å². The highest BCUT2D eigenvalue weighted by molar-refractivity contribution is 6.05. The number of hydrogen-bond acceptors (Lipinski definition) is 7. The summed E-state index contributed by atoms with van der Waals surface area (Å²) in [5, 5.41) is 4.61. The number of hydrogen-bond donors (Lipinski definition) is 2. The lowest BCUT2D eigenvalue weighted by Gasteiger charge is -2.14. The molecular weight excluding hydrogens is 468 g/mol. The molecule has 8 heteroatoms. The zero-order chi connectivity index (χ0) is 26.1. The molecule has 3 N–H and O–H groups in total. The third-order valence-electron chi connectivity index (χ3n) is 6.15. The summed E-state index contributed by atoms with van der Waals surface area (Å²) in [6.45, 7) is 1.89. The van der Waals surface area contributed by atoms with Crippen LogP contribution in [0.25, 0.3) is 32.9 Å². The molecule has 5 rings (SSSR count). The minimum atomic E-state index is -0.321. The Labute approximate surface area is 214 Å². The first-order valence-corrected chi connectivity index (χ1v) is 11.6. The number of nitrogen functional groups attached to an aromatic ring is 1. The summed E-state index contributed by atoms with van der Waals surface area (Å²) in [6.07, 6.45) is 0. The number of benzene rings is 3. The average molecular weight is 495 g/mol. The molecular formula is C29H26N4O4. The predicted octanol–water partition coefficient (Wildman–Crippen LogP) is 5.62. The zero-order valence-corrected chi connectivity index (χ0v) is 21.0. The first kappa shape index (κ1) is 23.9. The number of nitrogens with one attached hydrogen (secondary N) is 1. The van der Waals surface area contributed by atoms with Crippen LogP contribution in [0.4, 0.5) is 11.4 Å². The number of nitrogens with zero attached hydrogens (tertiary/aromatic N) is 2. The number of carbonyl (C=O) groups is 1. The third-order valence-corrected chi connectivity index (χ3v) is 6.15. The summed E-state index contributed by atoms with van der Waals surface area (Å²) >= 11 is 0. The zero-order valence-electron chi connectivity index (χ0n) is 21.0. The molecule has 2 heterocycles. The van der Waals surface area contributed by atoms with Gasteiger partial charge in [0.1, 0.15) is 5.69 Å². The fraction of sp³-hybridized carbons (Fsp3) is 0.138. The van der Waals surface area contributed by atoms with E-state index in [2.05, 4.69) is 15.3 Å². The standard InChI is InChI=1S/C29H26N4O4/c1-16-11-22(30)21-15-20(8-10-23(21)31-16)32-29(34)24-9-7-17-5-6-18(12-25(17)33-24)19-13-26(35-2)28(37-4)27(14-19)36-3/h5-15H,1-4H3,(H2,30,31)(H,32,34). The Bertz CT molecular complexity index is 1640. The van der Waals surface area contributed by atoms with Gasteiger partial charge in [0.15, 0.2) is 11.5 Å². The van der Waals surface area contributed by atoms with Gasteiger partial charge in [-0.15, -0.1) is 0 Å². The smallest absolute Gasteiger partial charge is 0.274 e. The van der Waals surface area contributed by atoms with E-state index in [0.29, 0.717) is 39.8 Å². The molecule has 186 valence electrons. The number of carbonyl (C=O) groups excluding carboxylic acids is 1. The maximum absolute atomic E-state index is 13.1. The Kier molecular flexibility index (Phi) is 6.23. The van der Waals surface area contributed by atoms with Crippen molar-refractivity contribution < 1.29 is 19.0 Å². The summed E-state index contributed by atoms with van der Waals surface area (Å²) in [5.74, 6) is 1.31. The van der Waals surface area contributed by atoms with Gasteiger partial charge in [0.05, 0.1) is 32.4 Å². The van der Waals surface area contributed by atoms with Crippen molar-refractivity contribution in [2.45, 2.75) is 6.92 Å². The van der Waals surface area contributed by atoms with E-state index in [1.807, 2.05) is 61.5 Å². The monoisotopic (exact) mass is 494 g/mol. The van der Waals surface area contributed by atoms with E-state index in [9.17, 15) is 4.79 Å². The fourth-order valence-electron chi connectivity index (χ4n) is 4.33. The fourth-order valence-corrected chi connectivity index (χ4v) is 4.33. The number of nitrogens with two attached hydrogens (primary N) is 1. The maximum Gasteiger partial charge on any atom is 0.274 e. The topological polar surface area (TPSA) is 109 Å². The number of ether oxygens (including phenoxy) is 3. The summed E-state index contributed by atoms with van der Waals surface area (Å²) < 4.78 is 16.4. The van der Waals surface area contributed by atoms with Crippen LogP contribution in [0.2, 0.25) is 0 Å². The molecule has 0 fully saturated rings. The molecule has 0 aliphatic heterocycles. The normalized spacial score (nSPS) is 10.9. The van der Waals surface area contributed by atoms with Crippen LogP contribution in [0.1, 0.15) is 16.2 Å². The van der Waals surface area contributed by atoms with E-state index < -0.39 is 0 Å². The van der Waals surface area contributed by atoms with E-state index >= 15 is 0 Å². The minimum Gasteiger partial charge on any atom is -0.493 e. The van der Waals surface area contributed by atoms with Crippen molar-refractivity contribution in [2.75, 3.05) is 32.4 Å². The van der Waals surface area contributed by atoms with Gasteiger partial charge < -0.3 is 25.3 Å². The van der Waals surface area contributed by atoms with Crippen molar-refractivity contribution in [2.24, 2.45) is 0 Å². The third kappa shape index (κ3) is 4.56. The van der Waals surface area contributed by atoms with Crippen molar-refractivity contribution in [1.29, 1.82) is 0 Å². The summed E-state index contributed by atoms with van der Waals surface area (Å²) in [4.78, 5) is 22.2. The van der Waals surface area contributed by atoms with Gasteiger partial charge in [0, 0.05) is 27.8 Å². The van der Waals surface area contributed by atoms with Crippen LogP contribution in [0.15, 0.2) is 66.7 Å². The SMILES string of the molecule is COc1cc(-c2ccc3ccc(C(=O)Nc4ccc5nc(C)cc(N)c5c4)nc3c2)cc(OC)c1OC. The van der Waals surface area contributed by atoms with Crippen LogP contribution in [0.5, 0.6) is 17.2 Å². The Hall–Kier alpha value is -4.85. The Balaban J connectivity index is 1.47. The molecule has 1 amide bonds. The first-order chi connectivity index (χ1) is 17.9. The minimum absolute atomic E-state index is 0.296. The van der Waals surface area contributed by atoms with Crippen LogP contribution in [0.3, 0.4) is 0 Å². The Morgan fingerprint density at radius 3 is 2.22 bits per heavy atom. The highest BCUT2D eigenvalue weighted by Gasteiger charge is 2.15. The number of amides is 1. The number of aromatic nitrogens is 2. The number of methoxy groups -OCH3 is 3. The van der Waals surface area contributed by atoms with Gasteiger partial charge in [0.2, 0.25) is 5.75 Å². The highest BCUT2D eigenvalue weighted by Crippen LogP contribution is 2.41. The summed E-state index contributed by atoms with van der Waals surface area (Å²) in [5.41, 5.74) is 11.7. The highest BCUT2D eigenvalue weighted by atomic mass is 16.5. The molecule has 0 aliphatic rings. The van der Waals surface area contributed by atoms with E-state index in [1.165, 1.54) is 0 Å². The van der Waals surface area contributed by atoms with Crippen molar-refractivity contribution in [3.63, 3.8) is 0 Å². The lowest BCUT2D eigenvalue weighted by molar-refractivity contribution is 0.102. The van der Waals surface area contributed by atoms with Gasteiger partial charge in [0.25, 0.3) is 5.91 Å². The second-order valence-corrected chi connectivity index (χ2v) is 8.56. The number of rotatable bonds is 6. The van der Waals surface area contributed by atoms with Crippen LogP contribution in [-0.2, 0) is 0 Å². The van der Waals surface area contributed by atoms with Gasteiger partial charge in [-0.25, -0.2) is 4.98 Å². The Morgan fingerprint density at radius 1 is 0.784 bits per heavy atom. The average Bonchev–Trinajstić information content (AvgIpc) is 2.91. The number of anilines is 2. The molecule has 0 spiro atoms. The number of pyridine rings is 2. The number of fused-ring (bicyclic) bond motifs is 2. The molecule has 5 aromatic rings. The van der Waals surface area contributed by atoms with Crippen LogP contribution >= 0.6 is 0 Å². The largest absolute Gasteiger partial charge is 0.493 e. The van der Waals surface area contributed by atoms with Crippen LogP contribution in [0, 0.1) is 6.92 Å².